The van der Waals surface area contributed by atoms with Crippen LogP contribution in [0.1, 0.15) is 53.4 Å². The quantitative estimate of drug-likeness (QED) is 0.643. The Kier molecular flexibility index (Phi) is 5.76. The second kappa shape index (κ2) is 6.84. The Labute approximate surface area is 134 Å². The molecule has 0 radical (unpaired) electrons. The van der Waals surface area contributed by atoms with Crippen LogP contribution in [-0.4, -0.2) is 51.7 Å². The Morgan fingerprint density at radius 3 is 1.91 bits per heavy atom. The van der Waals surface area contributed by atoms with Gasteiger partial charge in [-0.2, -0.15) is 0 Å². The fourth-order valence-electron chi connectivity index (χ4n) is 3.09. The molecule has 23 heavy (non-hydrogen) atoms. The predicted molar refractivity (Wildman–Crippen MR) is 77.8 cm³/mol. The highest BCUT2D eigenvalue weighted by Crippen LogP contribution is 2.50. The van der Waals surface area contributed by atoms with E-state index in [0.29, 0.717) is 12.8 Å². The smallest absolute Gasteiger partial charge is 0.340 e. The molecule has 1 heterocycles. The van der Waals surface area contributed by atoms with Crippen molar-refractivity contribution in [3.63, 3.8) is 0 Å². The number of hydrogen-bond acceptors (Lipinski definition) is 6. The molecule has 1 aliphatic heterocycles. The van der Waals surface area contributed by atoms with Crippen LogP contribution in [0.2, 0.25) is 0 Å². The van der Waals surface area contributed by atoms with Crippen LogP contribution < -0.4 is 0 Å². The molecule has 8 heteroatoms. The summed E-state index contributed by atoms with van der Waals surface area (Å²) in [7, 11) is 0. The molecule has 2 N–H and O–H groups in total. The van der Waals surface area contributed by atoms with Crippen LogP contribution in [0.25, 0.3) is 0 Å². The summed E-state index contributed by atoms with van der Waals surface area (Å²) >= 11 is 0. The number of carbonyl (C=O) groups excluding carboxylic acids is 1. The second-order valence-corrected chi connectivity index (χ2v) is 5.69. The van der Waals surface area contributed by atoms with E-state index in [-0.39, 0.29) is 13.0 Å². The van der Waals surface area contributed by atoms with Gasteiger partial charge in [0.1, 0.15) is 0 Å². The first-order chi connectivity index (χ1) is 10.6. The van der Waals surface area contributed by atoms with Crippen LogP contribution in [0.4, 0.5) is 0 Å². The first kappa shape index (κ1) is 19.4. The van der Waals surface area contributed by atoms with Crippen LogP contribution in [-0.2, 0) is 28.6 Å². The van der Waals surface area contributed by atoms with Gasteiger partial charge in [0.2, 0.25) is 11.2 Å². The third kappa shape index (κ3) is 3.18. The molecule has 132 valence electrons. The molecule has 1 saturated heterocycles. The summed E-state index contributed by atoms with van der Waals surface area (Å²) in [4.78, 5) is 35.7. The van der Waals surface area contributed by atoms with E-state index in [4.69, 9.17) is 14.2 Å². The summed E-state index contributed by atoms with van der Waals surface area (Å²) in [5, 5.41) is 19.4. The largest absolute Gasteiger partial charge is 0.479 e. The van der Waals surface area contributed by atoms with Crippen molar-refractivity contribution < 1.29 is 38.8 Å². The van der Waals surface area contributed by atoms with Gasteiger partial charge in [-0.25, -0.2) is 9.59 Å². The lowest BCUT2D eigenvalue weighted by atomic mass is 9.78. The van der Waals surface area contributed by atoms with E-state index < -0.39 is 41.3 Å². The molecule has 1 unspecified atom stereocenters. The van der Waals surface area contributed by atoms with Crippen molar-refractivity contribution in [3.8, 4) is 0 Å². The fourth-order valence-corrected chi connectivity index (χ4v) is 3.09. The molecule has 0 bridgehead atoms. The van der Waals surface area contributed by atoms with Gasteiger partial charge < -0.3 is 24.4 Å². The minimum Gasteiger partial charge on any atom is -0.479 e. The van der Waals surface area contributed by atoms with Crippen molar-refractivity contribution in [1.29, 1.82) is 0 Å². The van der Waals surface area contributed by atoms with E-state index in [0.717, 1.165) is 0 Å². The highest BCUT2D eigenvalue weighted by atomic mass is 16.8. The van der Waals surface area contributed by atoms with Crippen LogP contribution in [0.3, 0.4) is 0 Å². The van der Waals surface area contributed by atoms with Crippen molar-refractivity contribution in [3.05, 3.63) is 0 Å². The molecule has 0 saturated carbocycles. The van der Waals surface area contributed by atoms with Gasteiger partial charge >= 0.3 is 17.9 Å². The van der Waals surface area contributed by atoms with E-state index in [2.05, 4.69) is 0 Å². The number of ether oxygens (including phenoxy) is 3. The molecule has 0 aromatic carbocycles. The molecule has 0 aliphatic carbocycles. The molecule has 1 rings (SSSR count). The molecule has 0 spiro atoms. The second-order valence-electron chi connectivity index (χ2n) is 5.69. The van der Waals surface area contributed by atoms with Crippen molar-refractivity contribution in [2.75, 3.05) is 6.61 Å². The van der Waals surface area contributed by atoms with Gasteiger partial charge in [0.05, 0.1) is 13.0 Å². The molecule has 3 atom stereocenters. The standard InChI is InChI=1S/C15H24O8/c1-5-8-13(4)22-14(6-2,11(17)18)15(23-13,12(19)20)9-10(16)21-7-3/h5-9H2,1-4H3,(H,17,18)(H,19,20)/t13?,14-,15+/m0/s1. The van der Waals surface area contributed by atoms with Crippen molar-refractivity contribution >= 4 is 17.9 Å². The van der Waals surface area contributed by atoms with Crippen LogP contribution in [0.5, 0.6) is 0 Å². The number of aliphatic carboxylic acids is 2. The van der Waals surface area contributed by atoms with E-state index in [1.165, 1.54) is 13.8 Å². The summed E-state index contributed by atoms with van der Waals surface area (Å²) < 4.78 is 16.0. The van der Waals surface area contributed by atoms with Crippen LogP contribution in [0, 0.1) is 0 Å². The summed E-state index contributed by atoms with van der Waals surface area (Å²) in [6, 6.07) is 0. The first-order valence-corrected chi connectivity index (χ1v) is 7.65. The Hall–Kier alpha value is -1.67. The average Bonchev–Trinajstić information content (AvgIpc) is 2.70. The number of hydrogen-bond donors (Lipinski definition) is 2. The number of esters is 1. The van der Waals surface area contributed by atoms with Gasteiger partial charge in [0, 0.05) is 6.42 Å². The monoisotopic (exact) mass is 332 g/mol. The summed E-state index contributed by atoms with van der Waals surface area (Å²) in [6.45, 7) is 6.42. The Morgan fingerprint density at radius 2 is 1.52 bits per heavy atom. The minimum absolute atomic E-state index is 0.0494. The summed E-state index contributed by atoms with van der Waals surface area (Å²) in [5.74, 6) is -5.30. The van der Waals surface area contributed by atoms with Gasteiger partial charge in [-0.15, -0.1) is 0 Å². The zero-order valence-corrected chi connectivity index (χ0v) is 13.9. The highest BCUT2D eigenvalue weighted by Gasteiger charge is 2.73. The molecule has 8 nitrogen and oxygen atoms in total. The lowest BCUT2D eigenvalue weighted by Crippen LogP contribution is -2.62. The number of rotatable bonds is 8. The molecule has 1 fully saturated rings. The Morgan fingerprint density at radius 1 is 1.00 bits per heavy atom. The third-order valence-electron chi connectivity index (χ3n) is 4.02. The van der Waals surface area contributed by atoms with E-state index in [1.807, 2.05) is 6.92 Å². The Bertz CT molecular complexity index is 490. The lowest BCUT2D eigenvalue weighted by Gasteiger charge is -2.34. The first-order valence-electron chi connectivity index (χ1n) is 7.65. The zero-order chi connectivity index (χ0) is 17.9. The lowest BCUT2D eigenvalue weighted by molar-refractivity contribution is -0.201. The van der Waals surface area contributed by atoms with Gasteiger partial charge in [0.15, 0.2) is 5.79 Å². The SMILES string of the molecule is CCCC1(C)O[C@@](CC)(C(=O)O)[C@@](CC(=O)OCC)(C(=O)O)O1. The van der Waals surface area contributed by atoms with Crippen molar-refractivity contribution in [1.82, 2.24) is 0 Å². The zero-order valence-electron chi connectivity index (χ0n) is 13.9. The van der Waals surface area contributed by atoms with Gasteiger partial charge in [-0.05, 0) is 20.3 Å². The highest BCUT2D eigenvalue weighted by molar-refractivity contribution is 5.95. The van der Waals surface area contributed by atoms with Crippen molar-refractivity contribution in [2.24, 2.45) is 0 Å². The van der Waals surface area contributed by atoms with Crippen LogP contribution >= 0.6 is 0 Å². The minimum atomic E-state index is -2.34. The van der Waals surface area contributed by atoms with Gasteiger partial charge in [-0.3, -0.25) is 4.79 Å². The maximum Gasteiger partial charge on any atom is 0.340 e. The number of carboxylic acid groups (broad SMARTS) is 2. The topological polar surface area (TPSA) is 119 Å². The van der Waals surface area contributed by atoms with E-state index >= 15 is 0 Å². The maximum absolute atomic E-state index is 12.0. The maximum atomic E-state index is 12.0. The molecular weight excluding hydrogens is 308 g/mol. The molecule has 1 aliphatic rings. The third-order valence-corrected chi connectivity index (χ3v) is 4.02. The number of carbonyl (C=O) groups is 3. The Balaban J connectivity index is 3.44. The normalized spacial score (nSPS) is 33.4. The van der Waals surface area contributed by atoms with Gasteiger partial charge in [0.25, 0.3) is 0 Å². The van der Waals surface area contributed by atoms with Crippen LogP contribution in [0.15, 0.2) is 0 Å². The predicted octanol–water partition coefficient (Wildman–Crippen LogP) is 1.56. The van der Waals surface area contributed by atoms with Crippen molar-refractivity contribution in [2.45, 2.75) is 70.4 Å². The molecule has 0 aromatic heterocycles. The molecular formula is C15H24O8. The summed E-state index contributed by atoms with van der Waals surface area (Å²) in [5.41, 5.74) is -4.51. The molecule has 0 amide bonds. The average molecular weight is 332 g/mol. The summed E-state index contributed by atoms with van der Waals surface area (Å²) in [6.07, 6.45) is -0.0339. The number of carboxylic acids is 2. The van der Waals surface area contributed by atoms with E-state index in [1.54, 1.807) is 6.92 Å². The fraction of sp³-hybridized carbons (Fsp3) is 0.800. The van der Waals surface area contributed by atoms with E-state index in [9.17, 15) is 24.6 Å². The van der Waals surface area contributed by atoms with Gasteiger partial charge in [-0.1, -0.05) is 20.3 Å². The molecule has 0 aromatic rings.